The molecule has 146 valence electrons. The van der Waals surface area contributed by atoms with Crippen LogP contribution >= 0.6 is 0 Å². The van der Waals surface area contributed by atoms with Crippen LogP contribution < -0.4 is 10.2 Å². The van der Waals surface area contributed by atoms with Crippen LogP contribution in [-0.4, -0.2) is 19.6 Å². The molecule has 5 nitrogen and oxygen atoms in total. The molecule has 2 aromatic carbocycles. The summed E-state index contributed by atoms with van der Waals surface area (Å²) in [6.45, 7) is 3.92. The average Bonchev–Trinajstić information content (AvgIpc) is 3.21. The van der Waals surface area contributed by atoms with Crippen molar-refractivity contribution in [2.24, 2.45) is 0 Å². The highest BCUT2D eigenvalue weighted by atomic mass is 16.5. The number of nitrogens with one attached hydrogen (secondary N) is 1. The van der Waals surface area contributed by atoms with Crippen LogP contribution in [0.15, 0.2) is 71.3 Å². The lowest BCUT2D eigenvalue weighted by molar-refractivity contribution is -0.119. The van der Waals surface area contributed by atoms with E-state index in [4.69, 9.17) is 9.15 Å². The molecule has 0 unspecified atom stereocenters. The van der Waals surface area contributed by atoms with Crippen molar-refractivity contribution in [3.63, 3.8) is 0 Å². The Bertz CT molecular complexity index is 856. The molecule has 1 N–H and O–H groups in total. The predicted octanol–water partition coefficient (Wildman–Crippen LogP) is 4.06. The molecule has 0 radical (unpaired) electrons. The molecule has 3 aromatic rings. The van der Waals surface area contributed by atoms with E-state index in [1.54, 1.807) is 13.4 Å². The summed E-state index contributed by atoms with van der Waals surface area (Å²) in [5.74, 6) is 0.787. The summed E-state index contributed by atoms with van der Waals surface area (Å²) in [5.41, 5.74) is 4.34. The molecule has 0 aliphatic heterocycles. The minimum absolute atomic E-state index is 0.0342. The molecule has 5 heteroatoms. The zero-order valence-electron chi connectivity index (χ0n) is 16.4. The second-order valence-corrected chi connectivity index (χ2v) is 6.80. The average molecular weight is 378 g/mol. The number of nitrogens with zero attached hydrogens (tertiary/aromatic N) is 1. The number of anilines is 1. The van der Waals surface area contributed by atoms with E-state index in [2.05, 4.69) is 5.32 Å². The Morgan fingerprint density at radius 3 is 2.39 bits per heavy atom. The number of aryl methyl sites for hydroxylation is 1. The highest BCUT2D eigenvalue weighted by Gasteiger charge is 2.13. The molecule has 0 fully saturated rings. The molecule has 3 rings (SSSR count). The molecule has 0 atom stereocenters. The van der Waals surface area contributed by atoms with Crippen LogP contribution in [0.5, 0.6) is 0 Å². The minimum Gasteiger partial charge on any atom is -0.467 e. The molecule has 1 heterocycles. The third-order valence-corrected chi connectivity index (χ3v) is 4.48. The third-order valence-electron chi connectivity index (χ3n) is 4.48. The summed E-state index contributed by atoms with van der Waals surface area (Å²) in [4.78, 5) is 14.6. The van der Waals surface area contributed by atoms with E-state index in [0.717, 1.165) is 22.6 Å². The summed E-state index contributed by atoms with van der Waals surface area (Å²) >= 11 is 0. The molecular weight excluding hydrogens is 352 g/mol. The van der Waals surface area contributed by atoms with Gasteiger partial charge < -0.3 is 19.4 Å². The maximum Gasteiger partial charge on any atom is 0.239 e. The number of benzene rings is 2. The highest BCUT2D eigenvalue weighted by molar-refractivity contribution is 5.81. The van der Waals surface area contributed by atoms with Crippen LogP contribution in [0.25, 0.3) is 0 Å². The van der Waals surface area contributed by atoms with Gasteiger partial charge >= 0.3 is 0 Å². The third kappa shape index (κ3) is 5.72. The number of hydrogen-bond donors (Lipinski definition) is 1. The Hall–Kier alpha value is -3.05. The van der Waals surface area contributed by atoms with Gasteiger partial charge in [0.05, 0.1) is 26.0 Å². The summed E-state index contributed by atoms with van der Waals surface area (Å²) in [7, 11) is 1.68. The maximum absolute atomic E-state index is 12.6. The van der Waals surface area contributed by atoms with Gasteiger partial charge in [0.15, 0.2) is 0 Å². The summed E-state index contributed by atoms with van der Waals surface area (Å²) in [6.07, 6.45) is 1.65. The van der Waals surface area contributed by atoms with E-state index in [0.29, 0.717) is 19.7 Å². The minimum atomic E-state index is -0.0342. The monoisotopic (exact) mass is 378 g/mol. The van der Waals surface area contributed by atoms with Gasteiger partial charge in [-0.3, -0.25) is 4.79 Å². The second-order valence-electron chi connectivity index (χ2n) is 6.80. The van der Waals surface area contributed by atoms with Crippen LogP contribution in [0, 0.1) is 6.92 Å². The maximum atomic E-state index is 12.6. The first kappa shape index (κ1) is 19.7. The molecule has 0 saturated carbocycles. The lowest BCUT2D eigenvalue weighted by Gasteiger charge is -2.23. The van der Waals surface area contributed by atoms with E-state index in [1.165, 1.54) is 5.56 Å². The van der Waals surface area contributed by atoms with Crippen LogP contribution in [0.1, 0.15) is 22.5 Å². The normalized spacial score (nSPS) is 10.6. The number of furan rings is 1. The molecule has 0 aliphatic rings. The van der Waals surface area contributed by atoms with Gasteiger partial charge in [-0.1, -0.05) is 42.0 Å². The molecule has 1 aromatic heterocycles. The lowest BCUT2D eigenvalue weighted by Crippen LogP contribution is -2.36. The van der Waals surface area contributed by atoms with Gasteiger partial charge in [0.1, 0.15) is 5.76 Å². The highest BCUT2D eigenvalue weighted by Crippen LogP contribution is 2.18. The van der Waals surface area contributed by atoms with Crippen molar-refractivity contribution < 1.29 is 13.9 Å². The number of carbonyl (C=O) groups is 1. The summed E-state index contributed by atoms with van der Waals surface area (Å²) in [6, 6.07) is 20.0. The molecular formula is C23H26N2O3. The van der Waals surface area contributed by atoms with E-state index in [9.17, 15) is 4.79 Å². The molecule has 0 aliphatic carbocycles. The van der Waals surface area contributed by atoms with Crippen LogP contribution in [0.2, 0.25) is 0 Å². The Morgan fingerprint density at radius 1 is 1.04 bits per heavy atom. The summed E-state index contributed by atoms with van der Waals surface area (Å²) in [5, 5.41) is 3.00. The van der Waals surface area contributed by atoms with Crippen molar-refractivity contribution in [2.75, 3.05) is 18.6 Å². The zero-order chi connectivity index (χ0) is 19.8. The van der Waals surface area contributed by atoms with E-state index >= 15 is 0 Å². The van der Waals surface area contributed by atoms with Gasteiger partial charge in [-0.05, 0) is 42.3 Å². The van der Waals surface area contributed by atoms with Gasteiger partial charge in [0, 0.05) is 19.3 Å². The SMILES string of the molecule is COCc1ccc(CNC(=O)CN(Cc2ccco2)c2ccc(C)cc2)cc1. The topological polar surface area (TPSA) is 54.7 Å². The Labute approximate surface area is 165 Å². The first-order chi connectivity index (χ1) is 13.6. The largest absolute Gasteiger partial charge is 0.467 e. The van der Waals surface area contributed by atoms with Crippen molar-refractivity contribution in [1.82, 2.24) is 5.32 Å². The fourth-order valence-electron chi connectivity index (χ4n) is 2.93. The Balaban J connectivity index is 1.61. The van der Waals surface area contributed by atoms with Gasteiger partial charge in [0.2, 0.25) is 5.91 Å². The lowest BCUT2D eigenvalue weighted by atomic mass is 10.1. The van der Waals surface area contributed by atoms with Crippen molar-refractivity contribution in [3.05, 3.63) is 89.4 Å². The van der Waals surface area contributed by atoms with Crippen molar-refractivity contribution >= 4 is 11.6 Å². The predicted molar refractivity (Wildman–Crippen MR) is 110 cm³/mol. The fraction of sp³-hybridized carbons (Fsp3) is 0.261. The van der Waals surface area contributed by atoms with Crippen molar-refractivity contribution in [1.29, 1.82) is 0 Å². The van der Waals surface area contributed by atoms with Crippen LogP contribution in [-0.2, 0) is 29.2 Å². The quantitative estimate of drug-likeness (QED) is 0.610. The number of amides is 1. The van der Waals surface area contributed by atoms with Gasteiger partial charge in [-0.15, -0.1) is 0 Å². The molecule has 0 saturated heterocycles. The number of hydrogen-bond acceptors (Lipinski definition) is 4. The van der Waals surface area contributed by atoms with E-state index in [1.807, 2.05) is 72.5 Å². The van der Waals surface area contributed by atoms with Crippen molar-refractivity contribution in [3.8, 4) is 0 Å². The fourth-order valence-corrected chi connectivity index (χ4v) is 2.93. The molecule has 0 spiro atoms. The van der Waals surface area contributed by atoms with E-state index in [-0.39, 0.29) is 12.5 Å². The van der Waals surface area contributed by atoms with Gasteiger partial charge in [0.25, 0.3) is 0 Å². The van der Waals surface area contributed by atoms with Gasteiger partial charge in [-0.2, -0.15) is 0 Å². The van der Waals surface area contributed by atoms with Crippen LogP contribution in [0.4, 0.5) is 5.69 Å². The first-order valence-electron chi connectivity index (χ1n) is 9.31. The molecule has 28 heavy (non-hydrogen) atoms. The molecule has 1 amide bonds. The standard InChI is InChI=1S/C23H26N2O3/c1-18-5-11-21(12-6-18)25(15-22-4-3-13-28-22)16-23(26)24-14-19-7-9-20(10-8-19)17-27-2/h3-13H,14-17H2,1-2H3,(H,24,26). The Morgan fingerprint density at radius 2 is 1.75 bits per heavy atom. The number of carbonyl (C=O) groups excluding carboxylic acids is 1. The number of ether oxygens (including phenoxy) is 1. The smallest absolute Gasteiger partial charge is 0.239 e. The summed E-state index contributed by atoms with van der Waals surface area (Å²) < 4.78 is 10.6. The van der Waals surface area contributed by atoms with E-state index < -0.39 is 0 Å². The number of rotatable bonds is 9. The first-order valence-corrected chi connectivity index (χ1v) is 9.31. The van der Waals surface area contributed by atoms with Gasteiger partial charge in [-0.25, -0.2) is 0 Å². The van der Waals surface area contributed by atoms with Crippen molar-refractivity contribution in [2.45, 2.75) is 26.6 Å². The zero-order valence-corrected chi connectivity index (χ0v) is 16.4. The molecule has 0 bridgehead atoms. The number of methoxy groups -OCH3 is 1. The Kier molecular flexibility index (Phi) is 6.87. The second kappa shape index (κ2) is 9.76. The van der Waals surface area contributed by atoms with Crippen LogP contribution in [0.3, 0.4) is 0 Å².